The van der Waals surface area contributed by atoms with Crippen molar-refractivity contribution >= 4 is 11.3 Å². The molecule has 2 aromatic rings. The lowest BCUT2D eigenvalue weighted by atomic mass is 10.3. The summed E-state index contributed by atoms with van der Waals surface area (Å²) in [5, 5.41) is 8.25. The van der Waals surface area contributed by atoms with Crippen LogP contribution in [-0.4, -0.2) is 21.5 Å². The van der Waals surface area contributed by atoms with Crippen LogP contribution in [0, 0.1) is 0 Å². The van der Waals surface area contributed by atoms with Gasteiger partial charge in [-0.25, -0.2) is 0 Å². The first-order valence-electron chi connectivity index (χ1n) is 5.52. The molecule has 0 atom stereocenters. The molecule has 0 amide bonds. The second-order valence-electron chi connectivity index (χ2n) is 3.63. The van der Waals surface area contributed by atoms with Crippen molar-refractivity contribution in [2.75, 3.05) is 6.54 Å². The van der Waals surface area contributed by atoms with E-state index in [1.165, 1.54) is 9.75 Å². The Hall–Kier alpha value is -1.20. The summed E-state index contributed by atoms with van der Waals surface area (Å²) in [4.78, 5) is 2.57. The molecule has 86 valence electrons. The summed E-state index contributed by atoms with van der Waals surface area (Å²) in [5.41, 5.74) is 6.42. The zero-order valence-corrected chi connectivity index (χ0v) is 10.2. The molecule has 4 nitrogen and oxygen atoms in total. The Bertz CT molecular complexity index is 446. The van der Waals surface area contributed by atoms with E-state index in [0.29, 0.717) is 6.54 Å². The molecule has 2 rings (SSSR count). The number of aromatic nitrogens is 3. The highest BCUT2D eigenvalue weighted by molar-refractivity contribution is 7.15. The van der Waals surface area contributed by atoms with Gasteiger partial charge in [-0.15, -0.1) is 16.4 Å². The zero-order chi connectivity index (χ0) is 11.4. The molecule has 2 heterocycles. The van der Waals surface area contributed by atoms with E-state index in [0.717, 1.165) is 25.1 Å². The number of thiophene rings is 1. The van der Waals surface area contributed by atoms with Gasteiger partial charge in [0, 0.05) is 11.4 Å². The number of nitrogens with two attached hydrogens (primary N) is 1. The monoisotopic (exact) mass is 236 g/mol. The molecule has 2 N–H and O–H groups in total. The van der Waals surface area contributed by atoms with Crippen LogP contribution in [0.1, 0.15) is 18.2 Å². The minimum absolute atomic E-state index is 0.689. The fraction of sp³-hybridized carbons (Fsp3) is 0.455. The molecule has 0 aliphatic heterocycles. The van der Waals surface area contributed by atoms with Crippen LogP contribution in [0.25, 0.3) is 10.6 Å². The summed E-state index contributed by atoms with van der Waals surface area (Å²) in [7, 11) is 0. The number of aryl methyl sites for hydroxylation is 2. The number of rotatable bonds is 5. The van der Waals surface area contributed by atoms with E-state index in [1.807, 2.05) is 10.9 Å². The normalized spacial score (nSPS) is 10.9. The van der Waals surface area contributed by atoms with E-state index < -0.39 is 0 Å². The van der Waals surface area contributed by atoms with E-state index >= 15 is 0 Å². The lowest BCUT2D eigenvalue weighted by molar-refractivity contribution is 0.564. The maximum Gasteiger partial charge on any atom is 0.122 e. The van der Waals surface area contributed by atoms with Crippen molar-refractivity contribution in [3.8, 4) is 10.6 Å². The highest BCUT2D eigenvalue weighted by Gasteiger charge is 2.06. The molecule has 16 heavy (non-hydrogen) atoms. The average Bonchev–Trinajstić information content (AvgIpc) is 2.94. The van der Waals surface area contributed by atoms with E-state index in [-0.39, 0.29) is 0 Å². The van der Waals surface area contributed by atoms with Gasteiger partial charge in [-0.1, -0.05) is 12.1 Å². The first kappa shape index (κ1) is 11.3. The van der Waals surface area contributed by atoms with Gasteiger partial charge in [0.2, 0.25) is 0 Å². The summed E-state index contributed by atoms with van der Waals surface area (Å²) in [6, 6.07) is 4.26. The molecule has 0 bridgehead atoms. The van der Waals surface area contributed by atoms with Crippen LogP contribution >= 0.6 is 11.3 Å². The maximum absolute atomic E-state index is 5.46. The van der Waals surface area contributed by atoms with Gasteiger partial charge in [0.25, 0.3) is 0 Å². The Kier molecular flexibility index (Phi) is 3.69. The molecule has 0 unspecified atom stereocenters. The van der Waals surface area contributed by atoms with Crippen molar-refractivity contribution in [2.24, 2.45) is 5.73 Å². The lowest BCUT2D eigenvalue weighted by Gasteiger charge is -1.95. The minimum Gasteiger partial charge on any atom is -0.330 e. The minimum atomic E-state index is 0.689. The molecule has 0 spiro atoms. The van der Waals surface area contributed by atoms with Crippen LogP contribution in [0.5, 0.6) is 0 Å². The van der Waals surface area contributed by atoms with Crippen LogP contribution in [0.2, 0.25) is 0 Å². The third-order valence-corrected chi connectivity index (χ3v) is 3.64. The van der Waals surface area contributed by atoms with Crippen molar-refractivity contribution in [3.63, 3.8) is 0 Å². The molecular weight excluding hydrogens is 220 g/mol. The Morgan fingerprint density at radius 1 is 1.44 bits per heavy atom. The second-order valence-corrected chi connectivity index (χ2v) is 4.80. The van der Waals surface area contributed by atoms with Gasteiger partial charge in [-0.2, -0.15) is 0 Å². The molecule has 0 radical (unpaired) electrons. The van der Waals surface area contributed by atoms with Crippen LogP contribution in [0.3, 0.4) is 0 Å². The van der Waals surface area contributed by atoms with Crippen molar-refractivity contribution in [1.82, 2.24) is 15.0 Å². The average molecular weight is 236 g/mol. The first-order valence-corrected chi connectivity index (χ1v) is 6.34. The molecule has 2 aromatic heterocycles. The van der Waals surface area contributed by atoms with Crippen LogP contribution in [0.15, 0.2) is 18.3 Å². The molecular formula is C11H16N4S. The third-order valence-electron chi connectivity index (χ3n) is 2.39. The van der Waals surface area contributed by atoms with Gasteiger partial charge in [-0.3, -0.25) is 4.68 Å². The van der Waals surface area contributed by atoms with Gasteiger partial charge in [0.15, 0.2) is 0 Å². The number of hydrogen-bond donors (Lipinski definition) is 1. The van der Waals surface area contributed by atoms with Crippen molar-refractivity contribution in [3.05, 3.63) is 23.2 Å². The SMILES string of the molecule is CCc1ccc(-c2cn(CCCN)nn2)s1. The molecule has 0 aromatic carbocycles. The fourth-order valence-electron chi connectivity index (χ4n) is 1.48. The largest absolute Gasteiger partial charge is 0.330 e. The summed E-state index contributed by atoms with van der Waals surface area (Å²) in [6.07, 6.45) is 4.00. The van der Waals surface area contributed by atoms with Gasteiger partial charge < -0.3 is 5.73 Å². The van der Waals surface area contributed by atoms with Crippen LogP contribution in [-0.2, 0) is 13.0 Å². The summed E-state index contributed by atoms with van der Waals surface area (Å²) in [5.74, 6) is 0. The Labute approximate surface area is 99.1 Å². The van der Waals surface area contributed by atoms with Crippen molar-refractivity contribution in [1.29, 1.82) is 0 Å². The van der Waals surface area contributed by atoms with Gasteiger partial charge >= 0.3 is 0 Å². The lowest BCUT2D eigenvalue weighted by Crippen LogP contribution is -2.06. The quantitative estimate of drug-likeness (QED) is 0.863. The topological polar surface area (TPSA) is 56.7 Å². The number of hydrogen-bond acceptors (Lipinski definition) is 4. The summed E-state index contributed by atoms with van der Waals surface area (Å²) in [6.45, 7) is 3.69. The molecule has 0 saturated heterocycles. The van der Waals surface area contributed by atoms with E-state index in [1.54, 1.807) is 11.3 Å². The molecule has 0 aliphatic rings. The van der Waals surface area contributed by atoms with E-state index in [4.69, 9.17) is 5.73 Å². The van der Waals surface area contributed by atoms with Gasteiger partial charge in [-0.05, 0) is 31.5 Å². The fourth-order valence-corrected chi connectivity index (χ4v) is 2.38. The molecule has 0 fully saturated rings. The molecule has 0 saturated carbocycles. The summed E-state index contributed by atoms with van der Waals surface area (Å²) >= 11 is 1.78. The Balaban J connectivity index is 2.11. The maximum atomic E-state index is 5.46. The Morgan fingerprint density at radius 2 is 2.31 bits per heavy atom. The van der Waals surface area contributed by atoms with Crippen molar-refractivity contribution < 1.29 is 0 Å². The second kappa shape index (κ2) is 5.23. The summed E-state index contributed by atoms with van der Waals surface area (Å²) < 4.78 is 1.85. The predicted molar refractivity (Wildman–Crippen MR) is 66.4 cm³/mol. The van der Waals surface area contributed by atoms with Crippen molar-refractivity contribution in [2.45, 2.75) is 26.3 Å². The zero-order valence-electron chi connectivity index (χ0n) is 9.39. The first-order chi connectivity index (χ1) is 7.83. The van der Waals surface area contributed by atoms with Gasteiger partial charge in [0.1, 0.15) is 5.69 Å². The number of nitrogens with zero attached hydrogens (tertiary/aromatic N) is 3. The Morgan fingerprint density at radius 3 is 3.00 bits per heavy atom. The standard InChI is InChI=1S/C11H16N4S/c1-2-9-4-5-11(16-9)10-8-15(14-13-10)7-3-6-12/h4-5,8H,2-3,6-7,12H2,1H3. The smallest absolute Gasteiger partial charge is 0.122 e. The molecule has 5 heteroatoms. The van der Waals surface area contributed by atoms with E-state index in [2.05, 4.69) is 29.4 Å². The predicted octanol–water partition coefficient (Wildman–Crippen LogP) is 1.92. The van der Waals surface area contributed by atoms with Crippen LogP contribution < -0.4 is 5.73 Å². The highest BCUT2D eigenvalue weighted by Crippen LogP contribution is 2.26. The third kappa shape index (κ3) is 2.48. The highest BCUT2D eigenvalue weighted by atomic mass is 32.1. The van der Waals surface area contributed by atoms with E-state index in [9.17, 15) is 0 Å². The molecule has 0 aliphatic carbocycles. The van der Waals surface area contributed by atoms with Crippen LogP contribution in [0.4, 0.5) is 0 Å². The van der Waals surface area contributed by atoms with Gasteiger partial charge in [0.05, 0.1) is 11.1 Å².